The number of nitrogens with zero attached hydrogens (tertiary/aromatic N) is 3. The smallest absolute Gasteiger partial charge is 0.133 e. The minimum Gasteiger partial charge on any atom is -0.370 e. The first kappa shape index (κ1) is 18.1. The summed E-state index contributed by atoms with van der Waals surface area (Å²) in [5.41, 5.74) is 3.55. The van der Waals surface area contributed by atoms with Gasteiger partial charge in [0.15, 0.2) is 0 Å². The Morgan fingerprint density at radius 2 is 1.92 bits per heavy atom. The number of hydrogen-bond acceptors (Lipinski definition) is 3. The highest BCUT2D eigenvalue weighted by molar-refractivity contribution is 6.34. The first-order valence-corrected chi connectivity index (χ1v) is 10.5. The predicted octanol–water partition coefficient (Wildman–Crippen LogP) is 5.47. The Morgan fingerprint density at radius 3 is 2.69 bits per heavy atom. The SMILES string of the molecule is CCN1CCCCC1c1nn(-c2cc(Cl)cc(Cl)c2)c2c1CCCCN2. The molecule has 0 spiro atoms. The topological polar surface area (TPSA) is 33.1 Å². The molecule has 6 heteroatoms. The third-order valence-electron chi connectivity index (χ3n) is 5.59. The lowest BCUT2D eigenvalue weighted by Crippen LogP contribution is -2.33. The summed E-state index contributed by atoms with van der Waals surface area (Å²) in [4.78, 5) is 2.58. The summed E-state index contributed by atoms with van der Waals surface area (Å²) in [6, 6.07) is 6.06. The van der Waals surface area contributed by atoms with E-state index in [1.807, 2.05) is 16.8 Å². The zero-order valence-electron chi connectivity index (χ0n) is 15.3. The maximum atomic E-state index is 6.26. The van der Waals surface area contributed by atoms with Crippen molar-refractivity contribution < 1.29 is 0 Å². The molecular weight excluding hydrogens is 367 g/mol. The lowest BCUT2D eigenvalue weighted by molar-refractivity contribution is 0.152. The Kier molecular flexibility index (Phi) is 5.44. The van der Waals surface area contributed by atoms with Crippen molar-refractivity contribution in [1.82, 2.24) is 14.7 Å². The summed E-state index contributed by atoms with van der Waals surface area (Å²) >= 11 is 12.5. The number of likely N-dealkylation sites (tertiary alicyclic amines) is 1. The van der Waals surface area contributed by atoms with E-state index in [0.29, 0.717) is 16.1 Å². The number of benzene rings is 1. The quantitative estimate of drug-likeness (QED) is 0.750. The van der Waals surface area contributed by atoms with Gasteiger partial charge in [-0.25, -0.2) is 4.68 Å². The van der Waals surface area contributed by atoms with Gasteiger partial charge in [0.1, 0.15) is 5.82 Å². The van der Waals surface area contributed by atoms with Gasteiger partial charge in [0.2, 0.25) is 0 Å². The molecule has 2 aromatic rings. The molecule has 0 bridgehead atoms. The minimum atomic E-state index is 0.415. The summed E-state index contributed by atoms with van der Waals surface area (Å²) in [6.07, 6.45) is 7.22. The van der Waals surface area contributed by atoms with Crippen LogP contribution in [0.4, 0.5) is 5.82 Å². The van der Waals surface area contributed by atoms with Crippen molar-refractivity contribution in [3.8, 4) is 5.69 Å². The van der Waals surface area contributed by atoms with Crippen LogP contribution in [0.3, 0.4) is 0 Å². The highest BCUT2D eigenvalue weighted by atomic mass is 35.5. The first-order valence-electron chi connectivity index (χ1n) is 9.73. The van der Waals surface area contributed by atoms with Crippen molar-refractivity contribution in [3.05, 3.63) is 39.5 Å². The van der Waals surface area contributed by atoms with Crippen molar-refractivity contribution in [2.45, 2.75) is 51.5 Å². The van der Waals surface area contributed by atoms with Gasteiger partial charge in [0.05, 0.1) is 17.4 Å². The number of anilines is 1. The second kappa shape index (κ2) is 7.79. The molecule has 1 aromatic carbocycles. The monoisotopic (exact) mass is 392 g/mol. The number of piperidine rings is 1. The summed E-state index contributed by atoms with van der Waals surface area (Å²) < 4.78 is 2.02. The number of hydrogen-bond donors (Lipinski definition) is 1. The molecule has 1 saturated heterocycles. The van der Waals surface area contributed by atoms with E-state index in [9.17, 15) is 0 Å². The number of rotatable bonds is 3. The fraction of sp³-hybridized carbons (Fsp3) is 0.550. The molecule has 3 heterocycles. The third kappa shape index (κ3) is 3.47. The molecule has 0 radical (unpaired) electrons. The van der Waals surface area contributed by atoms with Gasteiger partial charge in [-0.2, -0.15) is 5.10 Å². The van der Waals surface area contributed by atoms with Crippen molar-refractivity contribution in [3.63, 3.8) is 0 Å². The lowest BCUT2D eigenvalue weighted by atomic mass is 9.95. The van der Waals surface area contributed by atoms with Gasteiger partial charge in [-0.05, 0) is 63.4 Å². The van der Waals surface area contributed by atoms with E-state index < -0.39 is 0 Å². The summed E-state index contributed by atoms with van der Waals surface area (Å²) in [5.74, 6) is 1.12. The van der Waals surface area contributed by atoms with Crippen molar-refractivity contribution >= 4 is 29.0 Å². The molecular formula is C20H26Cl2N4. The van der Waals surface area contributed by atoms with Crippen LogP contribution < -0.4 is 5.32 Å². The molecule has 1 fully saturated rings. The van der Waals surface area contributed by atoms with Crippen LogP contribution in [0.15, 0.2) is 18.2 Å². The molecule has 1 N–H and O–H groups in total. The van der Waals surface area contributed by atoms with Gasteiger partial charge in [0, 0.05) is 22.2 Å². The Hall–Kier alpha value is -1.23. The van der Waals surface area contributed by atoms with Gasteiger partial charge < -0.3 is 5.32 Å². The molecule has 0 saturated carbocycles. The fourth-order valence-corrected chi connectivity index (χ4v) is 4.84. The van der Waals surface area contributed by atoms with E-state index in [1.54, 1.807) is 6.07 Å². The van der Waals surface area contributed by atoms with Gasteiger partial charge in [-0.15, -0.1) is 0 Å². The van der Waals surface area contributed by atoms with Crippen LogP contribution in [-0.4, -0.2) is 34.3 Å². The maximum Gasteiger partial charge on any atom is 0.133 e. The van der Waals surface area contributed by atoms with Crippen LogP contribution in [-0.2, 0) is 6.42 Å². The van der Waals surface area contributed by atoms with Crippen LogP contribution in [0.1, 0.15) is 56.3 Å². The molecule has 2 aliphatic rings. The van der Waals surface area contributed by atoms with Gasteiger partial charge in [-0.3, -0.25) is 4.90 Å². The van der Waals surface area contributed by atoms with Crippen LogP contribution in [0.5, 0.6) is 0 Å². The highest BCUT2D eigenvalue weighted by Crippen LogP contribution is 2.38. The number of fused-ring (bicyclic) bond motifs is 1. The maximum absolute atomic E-state index is 6.26. The summed E-state index contributed by atoms with van der Waals surface area (Å²) in [6.45, 7) is 5.47. The molecule has 1 unspecified atom stereocenters. The standard InChI is InChI=1S/C20H26Cl2N4/c1-2-25-10-6-4-8-18(25)19-17-7-3-5-9-23-20(17)26(24-19)16-12-14(21)11-15(22)13-16/h11-13,18,23H,2-10H2,1H3. The molecule has 140 valence electrons. The zero-order chi connectivity index (χ0) is 18.1. The van der Waals surface area contributed by atoms with Crippen LogP contribution in [0.25, 0.3) is 5.69 Å². The number of aromatic nitrogens is 2. The average molecular weight is 393 g/mol. The Labute approximate surface area is 165 Å². The Bertz CT molecular complexity index is 766. The minimum absolute atomic E-state index is 0.415. The van der Waals surface area contributed by atoms with Gasteiger partial charge >= 0.3 is 0 Å². The van der Waals surface area contributed by atoms with Crippen molar-refractivity contribution in [2.24, 2.45) is 0 Å². The third-order valence-corrected chi connectivity index (χ3v) is 6.02. The average Bonchev–Trinajstić information content (AvgIpc) is 2.82. The molecule has 2 aliphatic heterocycles. The molecule has 0 aliphatic carbocycles. The van der Waals surface area contributed by atoms with Crippen molar-refractivity contribution in [2.75, 3.05) is 25.0 Å². The normalized spacial score (nSPS) is 21.1. The van der Waals surface area contributed by atoms with Crippen molar-refractivity contribution in [1.29, 1.82) is 0 Å². The number of halogens is 2. The molecule has 26 heavy (non-hydrogen) atoms. The van der Waals surface area contributed by atoms with E-state index in [4.69, 9.17) is 28.3 Å². The van der Waals surface area contributed by atoms with Crippen LogP contribution in [0, 0.1) is 0 Å². The largest absolute Gasteiger partial charge is 0.370 e. The van der Waals surface area contributed by atoms with Gasteiger partial charge in [-0.1, -0.05) is 36.5 Å². The van der Waals surface area contributed by atoms with E-state index in [1.165, 1.54) is 49.9 Å². The zero-order valence-corrected chi connectivity index (χ0v) is 16.8. The van der Waals surface area contributed by atoms with E-state index in [0.717, 1.165) is 31.0 Å². The lowest BCUT2D eigenvalue weighted by Gasteiger charge is -2.34. The molecule has 1 aromatic heterocycles. The molecule has 4 nitrogen and oxygen atoms in total. The van der Waals surface area contributed by atoms with E-state index in [-0.39, 0.29) is 0 Å². The molecule has 4 rings (SSSR count). The summed E-state index contributed by atoms with van der Waals surface area (Å²) in [5, 5.41) is 10.00. The second-order valence-corrected chi connectivity index (χ2v) is 8.15. The summed E-state index contributed by atoms with van der Waals surface area (Å²) in [7, 11) is 0. The Balaban J connectivity index is 1.83. The molecule has 0 amide bonds. The Morgan fingerprint density at radius 1 is 1.12 bits per heavy atom. The number of nitrogens with one attached hydrogen (secondary N) is 1. The molecule has 1 atom stereocenters. The van der Waals surface area contributed by atoms with E-state index in [2.05, 4.69) is 17.1 Å². The van der Waals surface area contributed by atoms with Crippen LogP contribution >= 0.6 is 23.2 Å². The predicted molar refractivity (Wildman–Crippen MR) is 109 cm³/mol. The van der Waals surface area contributed by atoms with Crippen LogP contribution in [0.2, 0.25) is 10.0 Å². The first-order chi connectivity index (χ1) is 12.7. The second-order valence-electron chi connectivity index (χ2n) is 7.28. The fourth-order valence-electron chi connectivity index (χ4n) is 4.32. The van der Waals surface area contributed by atoms with Gasteiger partial charge in [0.25, 0.3) is 0 Å². The van der Waals surface area contributed by atoms with E-state index >= 15 is 0 Å². The highest BCUT2D eigenvalue weighted by Gasteiger charge is 2.30.